The van der Waals surface area contributed by atoms with E-state index in [9.17, 15) is 9.59 Å². The molecule has 0 bridgehead atoms. The largest absolute Gasteiger partial charge is 0.334 e. The smallest absolute Gasteiger partial charge is 0.320 e. The van der Waals surface area contributed by atoms with E-state index >= 15 is 0 Å². The van der Waals surface area contributed by atoms with Crippen LogP contribution in [0, 0.1) is 5.92 Å². The Bertz CT molecular complexity index is 1050. The van der Waals surface area contributed by atoms with Crippen LogP contribution in [-0.4, -0.2) is 42.6 Å². The zero-order valence-corrected chi connectivity index (χ0v) is 19.0. The molecular weight excluding hydrogens is 422 g/mol. The summed E-state index contributed by atoms with van der Waals surface area (Å²) in [6.45, 7) is 2.69. The third-order valence-electron chi connectivity index (χ3n) is 7.50. The molecule has 0 radical (unpaired) electrons. The van der Waals surface area contributed by atoms with E-state index in [1.807, 2.05) is 5.38 Å². The number of hydrogen-bond acceptors (Lipinski definition) is 5. The first-order valence-electron chi connectivity index (χ1n) is 11.8. The van der Waals surface area contributed by atoms with Gasteiger partial charge in [-0.2, -0.15) is 0 Å². The third-order valence-corrected chi connectivity index (χ3v) is 8.39. The highest BCUT2D eigenvalue weighted by atomic mass is 32.1. The molecule has 2 saturated carbocycles. The minimum Gasteiger partial charge on any atom is -0.334 e. The number of nitrogens with zero attached hydrogens (tertiary/aromatic N) is 2. The summed E-state index contributed by atoms with van der Waals surface area (Å²) in [5.74, 6) is 1.52. The van der Waals surface area contributed by atoms with Crippen molar-refractivity contribution in [2.75, 3.05) is 29.9 Å². The zero-order chi connectivity index (χ0) is 21.7. The number of carbonyl (C=O) groups is 2. The molecule has 1 aromatic carbocycles. The van der Waals surface area contributed by atoms with Gasteiger partial charge in [0.05, 0.1) is 5.41 Å². The number of aromatic nitrogens is 1. The van der Waals surface area contributed by atoms with E-state index in [1.165, 1.54) is 36.2 Å². The molecule has 32 heavy (non-hydrogen) atoms. The lowest BCUT2D eigenvalue weighted by molar-refractivity contribution is -0.120. The average Bonchev–Trinajstić information content (AvgIpc) is 3.39. The molecule has 0 unspecified atom stereocenters. The number of amides is 3. The highest BCUT2D eigenvalue weighted by Gasteiger charge is 2.59. The normalized spacial score (nSPS) is 23.7. The fourth-order valence-corrected chi connectivity index (χ4v) is 6.02. The summed E-state index contributed by atoms with van der Waals surface area (Å²) in [6.07, 6.45) is 7.74. The van der Waals surface area contributed by atoms with Gasteiger partial charge in [-0.15, -0.1) is 11.3 Å². The van der Waals surface area contributed by atoms with E-state index in [4.69, 9.17) is 0 Å². The number of carbonyl (C=O) groups excluding carboxylic acids is 2. The Morgan fingerprint density at radius 1 is 1.25 bits per heavy atom. The van der Waals surface area contributed by atoms with Crippen LogP contribution in [0.15, 0.2) is 23.6 Å². The van der Waals surface area contributed by atoms with Crippen molar-refractivity contribution in [1.82, 2.24) is 15.6 Å². The van der Waals surface area contributed by atoms with Crippen LogP contribution in [0.2, 0.25) is 0 Å². The molecule has 7 nitrogen and oxygen atoms in total. The van der Waals surface area contributed by atoms with Crippen LogP contribution >= 0.6 is 11.3 Å². The molecule has 3 N–H and O–H groups in total. The van der Waals surface area contributed by atoms with Gasteiger partial charge < -0.3 is 15.5 Å². The highest BCUT2D eigenvalue weighted by Crippen LogP contribution is 2.58. The molecule has 2 aliphatic carbocycles. The SMILES string of the molecule is O=C(Nc1csc(-c2ccc3c(c2)C2(CC2)C(=O)N3CC2CCC2)n1)N[C@H]1CCCNC1. The van der Waals surface area contributed by atoms with Crippen molar-refractivity contribution in [3.05, 3.63) is 29.1 Å². The van der Waals surface area contributed by atoms with Gasteiger partial charge in [-0.1, -0.05) is 6.42 Å². The summed E-state index contributed by atoms with van der Waals surface area (Å²) in [5, 5.41) is 11.9. The van der Waals surface area contributed by atoms with Crippen LogP contribution in [-0.2, 0) is 10.2 Å². The van der Waals surface area contributed by atoms with Gasteiger partial charge in [0.2, 0.25) is 5.91 Å². The van der Waals surface area contributed by atoms with Gasteiger partial charge in [-0.05, 0) is 74.8 Å². The summed E-state index contributed by atoms with van der Waals surface area (Å²) in [6, 6.07) is 6.29. The number of thiazole rings is 1. The van der Waals surface area contributed by atoms with E-state index in [2.05, 4.69) is 44.0 Å². The second-order valence-electron chi connectivity index (χ2n) is 9.71. The molecule has 168 valence electrons. The topological polar surface area (TPSA) is 86.4 Å². The molecule has 3 fully saturated rings. The van der Waals surface area contributed by atoms with E-state index < -0.39 is 0 Å². The van der Waals surface area contributed by atoms with Crippen molar-refractivity contribution >= 4 is 34.8 Å². The Balaban J connectivity index is 1.18. The van der Waals surface area contributed by atoms with Crippen LogP contribution in [0.25, 0.3) is 10.6 Å². The summed E-state index contributed by atoms with van der Waals surface area (Å²) in [4.78, 5) is 32.2. The molecule has 1 saturated heterocycles. The van der Waals surface area contributed by atoms with E-state index in [0.717, 1.165) is 61.6 Å². The number of nitrogens with one attached hydrogen (secondary N) is 3. The summed E-state index contributed by atoms with van der Waals surface area (Å²) < 4.78 is 0. The molecule has 2 aromatic rings. The first-order chi connectivity index (χ1) is 15.6. The zero-order valence-electron chi connectivity index (χ0n) is 18.2. The number of fused-ring (bicyclic) bond motifs is 2. The minimum atomic E-state index is -0.290. The van der Waals surface area contributed by atoms with Crippen LogP contribution in [0.5, 0.6) is 0 Å². The molecule has 3 amide bonds. The Hall–Kier alpha value is -2.45. The fraction of sp³-hybridized carbons (Fsp3) is 0.542. The molecule has 2 aliphatic heterocycles. The predicted octanol–water partition coefficient (Wildman–Crippen LogP) is 3.86. The summed E-state index contributed by atoms with van der Waals surface area (Å²) >= 11 is 1.52. The maximum absolute atomic E-state index is 13.2. The van der Waals surface area contributed by atoms with Gasteiger partial charge >= 0.3 is 6.03 Å². The summed E-state index contributed by atoms with van der Waals surface area (Å²) in [5.41, 5.74) is 3.00. The lowest BCUT2D eigenvalue weighted by atomic mass is 9.85. The van der Waals surface area contributed by atoms with E-state index in [0.29, 0.717) is 17.6 Å². The molecule has 1 atom stereocenters. The fourth-order valence-electron chi connectivity index (χ4n) is 5.27. The van der Waals surface area contributed by atoms with Gasteiger partial charge in [0, 0.05) is 35.8 Å². The van der Waals surface area contributed by atoms with Crippen molar-refractivity contribution in [3.63, 3.8) is 0 Å². The van der Waals surface area contributed by atoms with Gasteiger partial charge in [0.25, 0.3) is 0 Å². The minimum absolute atomic E-state index is 0.161. The van der Waals surface area contributed by atoms with Gasteiger partial charge in [-0.25, -0.2) is 9.78 Å². The van der Waals surface area contributed by atoms with Crippen molar-refractivity contribution in [2.45, 2.75) is 56.4 Å². The standard InChI is InChI=1S/C24H29N5O2S/c30-22-24(8-9-24)18-11-16(6-7-19(18)29(22)13-15-3-1-4-15)21-27-20(14-32-21)28-23(31)26-17-5-2-10-25-12-17/h6-7,11,14-15,17,25H,1-5,8-10,12-13H2,(H2,26,28,31)/t17-/m0/s1. The number of hydrogen-bond donors (Lipinski definition) is 3. The van der Waals surface area contributed by atoms with Gasteiger partial charge in [-0.3, -0.25) is 10.1 Å². The molecule has 4 aliphatic rings. The molecule has 8 heteroatoms. The first-order valence-corrected chi connectivity index (χ1v) is 12.7. The van der Waals surface area contributed by atoms with Crippen molar-refractivity contribution in [2.24, 2.45) is 5.92 Å². The second-order valence-corrected chi connectivity index (χ2v) is 10.6. The number of benzene rings is 1. The molecule has 6 rings (SSSR count). The summed E-state index contributed by atoms with van der Waals surface area (Å²) in [7, 11) is 0. The van der Waals surface area contributed by atoms with Crippen LogP contribution < -0.4 is 20.9 Å². The monoisotopic (exact) mass is 451 g/mol. The van der Waals surface area contributed by atoms with Crippen molar-refractivity contribution in [1.29, 1.82) is 0 Å². The quantitative estimate of drug-likeness (QED) is 0.644. The average molecular weight is 452 g/mol. The van der Waals surface area contributed by atoms with Crippen LogP contribution in [0.4, 0.5) is 16.3 Å². The second kappa shape index (κ2) is 7.85. The lowest BCUT2D eigenvalue weighted by Gasteiger charge is -2.30. The maximum atomic E-state index is 13.2. The Morgan fingerprint density at radius 3 is 2.84 bits per heavy atom. The number of urea groups is 1. The Kier molecular flexibility index (Phi) is 4.95. The first kappa shape index (κ1) is 20.2. The Labute approximate surface area is 192 Å². The molecule has 1 spiro atoms. The molecule has 1 aromatic heterocycles. The van der Waals surface area contributed by atoms with Crippen molar-refractivity contribution < 1.29 is 9.59 Å². The van der Waals surface area contributed by atoms with Crippen molar-refractivity contribution in [3.8, 4) is 10.6 Å². The van der Waals surface area contributed by atoms with Crippen LogP contribution in [0.1, 0.15) is 50.5 Å². The highest BCUT2D eigenvalue weighted by molar-refractivity contribution is 7.13. The number of anilines is 2. The van der Waals surface area contributed by atoms with Gasteiger partial charge in [0.15, 0.2) is 0 Å². The number of rotatable bonds is 5. The Morgan fingerprint density at radius 2 is 2.12 bits per heavy atom. The predicted molar refractivity (Wildman–Crippen MR) is 126 cm³/mol. The molecular formula is C24H29N5O2S. The maximum Gasteiger partial charge on any atom is 0.320 e. The number of piperidine rings is 1. The molecule has 3 heterocycles. The lowest BCUT2D eigenvalue weighted by Crippen LogP contribution is -2.47. The third kappa shape index (κ3) is 3.49. The van der Waals surface area contributed by atoms with E-state index in [-0.39, 0.29) is 17.5 Å². The van der Waals surface area contributed by atoms with E-state index in [1.54, 1.807) is 0 Å². The van der Waals surface area contributed by atoms with Crippen LogP contribution in [0.3, 0.4) is 0 Å². The van der Waals surface area contributed by atoms with Gasteiger partial charge in [0.1, 0.15) is 10.8 Å².